The van der Waals surface area contributed by atoms with E-state index in [1.54, 1.807) is 0 Å². The van der Waals surface area contributed by atoms with Crippen molar-refractivity contribution in [3.63, 3.8) is 0 Å². The second-order valence-corrected chi connectivity index (χ2v) is 22.1. The van der Waals surface area contributed by atoms with Gasteiger partial charge in [0.1, 0.15) is 6.61 Å². The Labute approximate surface area is 343 Å². The maximum atomic E-state index is 7.49. The van der Waals surface area contributed by atoms with Crippen molar-refractivity contribution >= 4 is 13.2 Å². The maximum absolute atomic E-state index is 7.49. The zero-order chi connectivity index (χ0) is 41.1. The van der Waals surface area contributed by atoms with Crippen LogP contribution >= 0.6 is 7.94 Å². The quantitative estimate of drug-likeness (QED) is 0.0513. The molecule has 0 aliphatic heterocycles. The van der Waals surface area contributed by atoms with Gasteiger partial charge in [0.2, 0.25) is 0 Å². The van der Waals surface area contributed by atoms with Crippen molar-refractivity contribution in [1.82, 2.24) is 0 Å². The van der Waals surface area contributed by atoms with E-state index in [0.717, 1.165) is 35.7 Å². The van der Waals surface area contributed by atoms with E-state index in [2.05, 4.69) is 133 Å². The first-order valence-electron chi connectivity index (χ1n) is 22.6. The fourth-order valence-electron chi connectivity index (χ4n) is 7.36. The van der Waals surface area contributed by atoms with Gasteiger partial charge in [0.05, 0.1) is 6.61 Å². The summed E-state index contributed by atoms with van der Waals surface area (Å²) in [6.07, 6.45) is 21.8. The molecule has 0 aliphatic rings. The minimum atomic E-state index is -3.12. The van der Waals surface area contributed by atoms with Crippen LogP contribution in [-0.4, -0.2) is 13.2 Å². The molecule has 2 aromatic carbocycles. The average molecular weight is 780 g/mol. The molecule has 314 valence electrons. The second kappa shape index (κ2) is 25.0. The molecule has 0 fully saturated rings. The normalized spacial score (nSPS) is 13.5. The van der Waals surface area contributed by atoms with Gasteiger partial charge in [-0.3, -0.25) is 4.52 Å². The topological polar surface area (TPSA) is 27.7 Å². The molecular weight excluding hydrogens is 692 g/mol. The van der Waals surface area contributed by atoms with Crippen molar-refractivity contribution in [2.45, 2.75) is 217 Å². The highest BCUT2D eigenvalue weighted by atomic mass is 31.2. The third kappa shape index (κ3) is 19.1. The molecule has 0 bridgehead atoms. The number of unbranched alkanes of at least 4 members (excludes halogenated alkanes) is 12. The Morgan fingerprint density at radius 1 is 0.564 bits per heavy atom. The van der Waals surface area contributed by atoms with Gasteiger partial charge in [0.25, 0.3) is 0 Å². The van der Waals surface area contributed by atoms with Gasteiger partial charge in [-0.1, -0.05) is 189 Å². The summed E-state index contributed by atoms with van der Waals surface area (Å²) in [6.45, 7) is 33.1. The van der Waals surface area contributed by atoms with E-state index in [4.69, 9.17) is 13.6 Å². The van der Waals surface area contributed by atoms with Gasteiger partial charge in [0.15, 0.2) is 11.1 Å². The Hall–Kier alpha value is -1.67. The number of aryl methyl sites for hydroxylation is 2. The van der Waals surface area contributed by atoms with Crippen LogP contribution in [0.3, 0.4) is 0 Å². The minimum absolute atomic E-state index is 0.104. The summed E-state index contributed by atoms with van der Waals surface area (Å²) < 4.78 is 22.1. The van der Waals surface area contributed by atoms with Crippen LogP contribution < -0.4 is 9.83 Å². The van der Waals surface area contributed by atoms with Crippen molar-refractivity contribution in [1.29, 1.82) is 0 Å². The molecule has 55 heavy (non-hydrogen) atoms. The summed E-state index contributed by atoms with van der Waals surface area (Å²) in [6, 6.07) is 13.5. The molecule has 0 radical (unpaired) electrons. The molecule has 0 amide bonds. The third-order valence-electron chi connectivity index (χ3n) is 11.0. The maximum Gasteiger partial charge on any atom is 0.493 e. The van der Waals surface area contributed by atoms with Crippen molar-refractivity contribution in [2.24, 2.45) is 11.8 Å². The Balaban J connectivity index is 2.43. The molecule has 2 rings (SSSR count). The van der Waals surface area contributed by atoms with Crippen LogP contribution in [0.4, 0.5) is 0 Å². The Morgan fingerprint density at radius 2 is 1.02 bits per heavy atom. The van der Waals surface area contributed by atoms with Crippen LogP contribution in [0.1, 0.15) is 214 Å². The number of allylic oxidation sites excluding steroid dienone is 1. The average Bonchev–Trinajstić information content (AvgIpc) is 3.07. The minimum Gasteiger partial charge on any atom is -0.280 e. The lowest BCUT2D eigenvalue weighted by Crippen LogP contribution is -2.31. The van der Waals surface area contributed by atoms with Crippen LogP contribution in [0.2, 0.25) is 0 Å². The zero-order valence-corrected chi connectivity index (χ0v) is 39.6. The standard InChI is InChI=1S/C51H88O3P/c1-40(2)29-25-21-17-15-16-20-24-28-36-52-55(49-38-44(8)33-35-47(49)51(12,13)14,54-48-37-43(7)32-34-46(48)50(9,10)11)53-39-45(42(5)6)31-27-23-19-18-22-26-30-41(3)4/h32-35,37-38,40-41H,15-31,36,39H2,1-14H3/q+1. The van der Waals surface area contributed by atoms with Gasteiger partial charge < -0.3 is 0 Å². The summed E-state index contributed by atoms with van der Waals surface area (Å²) in [7, 11) is -3.12. The van der Waals surface area contributed by atoms with Gasteiger partial charge in [0, 0.05) is 11.1 Å². The molecule has 4 heteroatoms. The molecule has 1 atom stereocenters. The fourth-order valence-corrected chi connectivity index (χ4v) is 10.1. The highest BCUT2D eigenvalue weighted by Gasteiger charge is 2.54. The summed E-state index contributed by atoms with van der Waals surface area (Å²) in [4.78, 5) is 0. The molecule has 2 aromatic rings. The molecular formula is C51H88O3P+. The third-order valence-corrected chi connectivity index (χ3v) is 13.4. The molecule has 0 saturated heterocycles. The molecule has 0 saturated carbocycles. The highest BCUT2D eigenvalue weighted by molar-refractivity contribution is 7.70. The SMILES string of the molecule is CC(C)=C(CCCCCCCCC(C)C)CO[P+](OCCCCCCCCCCC(C)C)(Oc1cc(C)ccc1C(C)(C)C)c1cc(C)ccc1C(C)(C)C. The lowest BCUT2D eigenvalue weighted by molar-refractivity contribution is 0.196. The second-order valence-electron chi connectivity index (χ2n) is 19.9. The number of hydrogen-bond acceptors (Lipinski definition) is 3. The van der Waals surface area contributed by atoms with E-state index in [1.165, 1.54) is 130 Å². The lowest BCUT2D eigenvalue weighted by atomic mass is 9.86. The van der Waals surface area contributed by atoms with Crippen molar-refractivity contribution < 1.29 is 13.6 Å². The smallest absolute Gasteiger partial charge is 0.280 e. The van der Waals surface area contributed by atoms with Gasteiger partial charge in [-0.15, -0.1) is 0 Å². The van der Waals surface area contributed by atoms with E-state index < -0.39 is 7.94 Å². The molecule has 0 aromatic heterocycles. The molecule has 0 N–H and O–H groups in total. The summed E-state index contributed by atoms with van der Waals surface area (Å²) in [5.41, 5.74) is 7.32. The molecule has 1 unspecified atom stereocenters. The van der Waals surface area contributed by atoms with Gasteiger partial charge in [-0.05, 0) is 98.5 Å². The largest absolute Gasteiger partial charge is 0.493 e. The van der Waals surface area contributed by atoms with E-state index in [1.807, 2.05) is 0 Å². The monoisotopic (exact) mass is 780 g/mol. The number of benzene rings is 2. The first kappa shape index (κ1) is 49.5. The summed E-state index contributed by atoms with van der Waals surface area (Å²) >= 11 is 0. The van der Waals surface area contributed by atoms with Crippen LogP contribution in [0.25, 0.3) is 0 Å². The Bertz CT molecular complexity index is 1390. The number of rotatable bonds is 27. The van der Waals surface area contributed by atoms with Crippen molar-refractivity contribution in [2.75, 3.05) is 13.2 Å². The molecule has 0 heterocycles. The zero-order valence-electron chi connectivity index (χ0n) is 38.7. The summed E-state index contributed by atoms with van der Waals surface area (Å²) in [5.74, 6) is 2.52. The highest BCUT2D eigenvalue weighted by Crippen LogP contribution is 2.63. The Kier molecular flexibility index (Phi) is 22.4. The summed E-state index contributed by atoms with van der Waals surface area (Å²) in [5, 5.41) is 1.09. The van der Waals surface area contributed by atoms with Gasteiger partial charge >= 0.3 is 7.94 Å². The fraction of sp³-hybridized carbons (Fsp3) is 0.725. The lowest BCUT2D eigenvalue weighted by Gasteiger charge is -2.30. The van der Waals surface area contributed by atoms with Crippen LogP contribution in [0, 0.1) is 25.7 Å². The van der Waals surface area contributed by atoms with Gasteiger partial charge in [-0.2, -0.15) is 9.05 Å². The van der Waals surface area contributed by atoms with Crippen molar-refractivity contribution in [3.8, 4) is 5.75 Å². The van der Waals surface area contributed by atoms with Crippen molar-refractivity contribution in [3.05, 3.63) is 69.8 Å². The number of hydrogen-bond donors (Lipinski definition) is 0. The molecule has 0 spiro atoms. The molecule has 0 aliphatic carbocycles. The van der Waals surface area contributed by atoms with Crippen LogP contribution in [0.5, 0.6) is 5.75 Å². The predicted molar refractivity (Wildman–Crippen MR) is 245 cm³/mol. The first-order valence-corrected chi connectivity index (χ1v) is 24.2. The van der Waals surface area contributed by atoms with E-state index >= 15 is 0 Å². The van der Waals surface area contributed by atoms with E-state index in [0.29, 0.717) is 13.2 Å². The van der Waals surface area contributed by atoms with Crippen LogP contribution in [0.15, 0.2) is 47.5 Å². The van der Waals surface area contributed by atoms with Gasteiger partial charge in [-0.25, -0.2) is 0 Å². The van der Waals surface area contributed by atoms with E-state index in [-0.39, 0.29) is 10.8 Å². The van der Waals surface area contributed by atoms with Crippen LogP contribution in [-0.2, 0) is 19.9 Å². The predicted octanol–water partition coefficient (Wildman–Crippen LogP) is 16.7. The first-order chi connectivity index (χ1) is 25.9. The van der Waals surface area contributed by atoms with E-state index in [9.17, 15) is 0 Å². The Morgan fingerprint density at radius 3 is 1.51 bits per heavy atom. The molecule has 3 nitrogen and oxygen atoms in total.